The third-order valence-electron chi connectivity index (χ3n) is 2.34. The largest absolute Gasteiger partial charge is 0.217 e. The minimum Gasteiger partial charge on any atom is -0.215 e. The first-order valence-corrected chi connectivity index (χ1v) is 4.99. The summed E-state index contributed by atoms with van der Waals surface area (Å²) in [6.07, 6.45) is 1.44. The highest BCUT2D eigenvalue weighted by atomic mass is 32.2. The van der Waals surface area contributed by atoms with Crippen molar-refractivity contribution in [1.82, 2.24) is 4.72 Å². The first kappa shape index (κ1) is 8.01. The minimum absolute atomic E-state index is 0.507. The quantitative estimate of drug-likeness (QED) is 0.611. The summed E-state index contributed by atoms with van der Waals surface area (Å²) in [6, 6.07) is 0. The molecular formula is C6H13NO2S. The van der Waals surface area contributed by atoms with E-state index >= 15 is 0 Å². The van der Waals surface area contributed by atoms with Crippen LogP contribution in [0, 0.1) is 0 Å². The highest BCUT2D eigenvalue weighted by molar-refractivity contribution is 7.91. The maximum Gasteiger partial charge on any atom is 0.217 e. The van der Waals surface area contributed by atoms with Crippen molar-refractivity contribution in [3.05, 3.63) is 0 Å². The SMILES string of the molecule is CC[C@@]1(C)CCNS1(=O)=O. The van der Waals surface area contributed by atoms with Gasteiger partial charge in [-0.2, -0.15) is 0 Å². The van der Waals surface area contributed by atoms with Gasteiger partial charge in [0.2, 0.25) is 10.0 Å². The van der Waals surface area contributed by atoms with Gasteiger partial charge in [-0.3, -0.25) is 0 Å². The maximum atomic E-state index is 11.2. The normalized spacial score (nSPS) is 38.2. The van der Waals surface area contributed by atoms with E-state index in [-0.39, 0.29) is 0 Å². The molecule has 0 aromatic heterocycles. The Morgan fingerprint density at radius 2 is 2.20 bits per heavy atom. The third kappa shape index (κ3) is 0.953. The standard InChI is InChI=1S/C6H13NO2S/c1-3-6(2)4-5-7-10(6,8)9/h7H,3-5H2,1-2H3/t6-/m0/s1. The van der Waals surface area contributed by atoms with Gasteiger partial charge < -0.3 is 0 Å². The molecule has 1 saturated heterocycles. The van der Waals surface area contributed by atoms with Crippen LogP contribution >= 0.6 is 0 Å². The monoisotopic (exact) mass is 163 g/mol. The van der Waals surface area contributed by atoms with Gasteiger partial charge in [0.25, 0.3) is 0 Å². The fourth-order valence-corrected chi connectivity index (χ4v) is 2.60. The zero-order valence-electron chi connectivity index (χ0n) is 6.35. The molecule has 1 aliphatic heterocycles. The topological polar surface area (TPSA) is 46.2 Å². The number of nitrogens with one attached hydrogen (secondary N) is 1. The van der Waals surface area contributed by atoms with Gasteiger partial charge in [0.15, 0.2) is 0 Å². The molecule has 1 rings (SSSR count). The van der Waals surface area contributed by atoms with Crippen molar-refractivity contribution in [2.24, 2.45) is 0 Å². The van der Waals surface area contributed by atoms with Crippen LogP contribution in [0.2, 0.25) is 0 Å². The molecule has 10 heavy (non-hydrogen) atoms. The summed E-state index contributed by atoms with van der Waals surface area (Å²) in [7, 11) is -2.99. The van der Waals surface area contributed by atoms with E-state index in [1.54, 1.807) is 6.92 Å². The summed E-state index contributed by atoms with van der Waals surface area (Å²) in [5.74, 6) is 0. The molecule has 0 unspecified atom stereocenters. The van der Waals surface area contributed by atoms with Crippen LogP contribution in [-0.4, -0.2) is 19.7 Å². The van der Waals surface area contributed by atoms with Crippen molar-refractivity contribution < 1.29 is 8.42 Å². The fourth-order valence-electron chi connectivity index (χ4n) is 1.13. The van der Waals surface area contributed by atoms with Crippen molar-refractivity contribution in [2.45, 2.75) is 31.4 Å². The summed E-state index contributed by atoms with van der Waals surface area (Å²) >= 11 is 0. The van der Waals surface area contributed by atoms with Gasteiger partial charge in [-0.25, -0.2) is 13.1 Å². The highest BCUT2D eigenvalue weighted by Gasteiger charge is 2.41. The smallest absolute Gasteiger partial charge is 0.215 e. The van der Waals surface area contributed by atoms with E-state index in [4.69, 9.17) is 0 Å². The molecule has 4 heteroatoms. The van der Waals surface area contributed by atoms with Crippen LogP contribution in [-0.2, 0) is 10.0 Å². The van der Waals surface area contributed by atoms with Gasteiger partial charge in [-0.1, -0.05) is 6.92 Å². The number of sulfonamides is 1. The van der Waals surface area contributed by atoms with Gasteiger partial charge >= 0.3 is 0 Å². The number of hydrogen-bond donors (Lipinski definition) is 1. The lowest BCUT2D eigenvalue weighted by Crippen LogP contribution is -2.33. The Kier molecular flexibility index (Phi) is 1.76. The van der Waals surface area contributed by atoms with Gasteiger partial charge in [0.1, 0.15) is 0 Å². The second-order valence-electron chi connectivity index (χ2n) is 2.95. The fraction of sp³-hybridized carbons (Fsp3) is 1.00. The van der Waals surface area contributed by atoms with Crippen LogP contribution in [0.4, 0.5) is 0 Å². The van der Waals surface area contributed by atoms with Gasteiger partial charge in [0, 0.05) is 6.54 Å². The van der Waals surface area contributed by atoms with E-state index in [0.29, 0.717) is 13.0 Å². The molecule has 3 nitrogen and oxygen atoms in total. The van der Waals surface area contributed by atoms with E-state index in [1.165, 1.54) is 0 Å². The second-order valence-corrected chi connectivity index (χ2v) is 5.23. The first-order valence-electron chi connectivity index (χ1n) is 3.51. The average Bonchev–Trinajstić information content (AvgIpc) is 2.10. The number of hydrogen-bond acceptors (Lipinski definition) is 2. The van der Waals surface area contributed by atoms with Crippen LogP contribution < -0.4 is 4.72 Å². The Morgan fingerprint density at radius 1 is 1.60 bits per heavy atom. The lowest BCUT2D eigenvalue weighted by Gasteiger charge is -2.18. The molecule has 0 aromatic rings. The van der Waals surface area contributed by atoms with Gasteiger partial charge in [0.05, 0.1) is 4.75 Å². The molecule has 0 radical (unpaired) electrons. The molecule has 1 N–H and O–H groups in total. The summed E-state index contributed by atoms with van der Waals surface area (Å²) in [5, 5.41) is 0. The lowest BCUT2D eigenvalue weighted by atomic mass is 10.1. The predicted octanol–water partition coefficient (Wildman–Crippen LogP) is 0.478. The Bertz CT molecular complexity index is 222. The summed E-state index contributed by atoms with van der Waals surface area (Å²) in [5.41, 5.74) is 0. The van der Waals surface area contributed by atoms with Crippen molar-refractivity contribution in [2.75, 3.05) is 6.54 Å². The Morgan fingerprint density at radius 3 is 2.40 bits per heavy atom. The van der Waals surface area contributed by atoms with Gasteiger partial charge in [-0.15, -0.1) is 0 Å². The summed E-state index contributed by atoms with van der Waals surface area (Å²) < 4.78 is 24.4. The van der Waals surface area contributed by atoms with E-state index in [9.17, 15) is 8.42 Å². The molecule has 0 aromatic carbocycles. The molecule has 1 fully saturated rings. The third-order valence-corrected chi connectivity index (χ3v) is 4.72. The summed E-state index contributed by atoms with van der Waals surface area (Å²) in [4.78, 5) is 0. The van der Waals surface area contributed by atoms with Crippen LogP contribution in [0.5, 0.6) is 0 Å². The van der Waals surface area contributed by atoms with E-state index < -0.39 is 14.8 Å². The zero-order valence-corrected chi connectivity index (χ0v) is 7.16. The van der Waals surface area contributed by atoms with Crippen LogP contribution in [0.15, 0.2) is 0 Å². The second kappa shape index (κ2) is 2.20. The minimum atomic E-state index is -2.99. The van der Waals surface area contributed by atoms with Crippen LogP contribution in [0.25, 0.3) is 0 Å². The van der Waals surface area contributed by atoms with E-state index in [2.05, 4.69) is 4.72 Å². The van der Waals surface area contributed by atoms with E-state index in [0.717, 1.165) is 6.42 Å². The molecule has 0 amide bonds. The molecule has 0 aliphatic carbocycles. The van der Waals surface area contributed by atoms with Crippen LogP contribution in [0.3, 0.4) is 0 Å². The molecule has 60 valence electrons. The predicted molar refractivity (Wildman–Crippen MR) is 40.2 cm³/mol. The molecular weight excluding hydrogens is 150 g/mol. The van der Waals surface area contributed by atoms with Crippen molar-refractivity contribution in [3.8, 4) is 0 Å². The Labute approximate surface area is 61.9 Å². The van der Waals surface area contributed by atoms with E-state index in [1.807, 2.05) is 6.92 Å². The lowest BCUT2D eigenvalue weighted by molar-refractivity contribution is 0.529. The average molecular weight is 163 g/mol. The van der Waals surface area contributed by atoms with Crippen LogP contribution in [0.1, 0.15) is 26.7 Å². The van der Waals surface area contributed by atoms with Gasteiger partial charge in [-0.05, 0) is 19.8 Å². The Hall–Kier alpha value is -0.0900. The zero-order chi connectivity index (χ0) is 7.83. The summed E-state index contributed by atoms with van der Waals surface area (Å²) in [6.45, 7) is 4.31. The maximum absolute atomic E-state index is 11.2. The molecule has 1 atom stereocenters. The Balaban J connectivity index is 2.98. The number of rotatable bonds is 1. The van der Waals surface area contributed by atoms with Crippen molar-refractivity contribution >= 4 is 10.0 Å². The van der Waals surface area contributed by atoms with Crippen molar-refractivity contribution in [3.63, 3.8) is 0 Å². The molecule has 1 heterocycles. The highest BCUT2D eigenvalue weighted by Crippen LogP contribution is 2.28. The molecule has 0 spiro atoms. The molecule has 1 aliphatic rings. The first-order chi connectivity index (χ1) is 4.52. The molecule has 0 saturated carbocycles. The van der Waals surface area contributed by atoms with Crippen molar-refractivity contribution in [1.29, 1.82) is 0 Å². The molecule has 0 bridgehead atoms.